The number of rotatable bonds is 8. The smallest absolute Gasteiger partial charge is 0.232 e. The molecule has 31 heavy (non-hydrogen) atoms. The van der Waals surface area contributed by atoms with Crippen LogP contribution in [0.4, 0.5) is 10.3 Å². The van der Waals surface area contributed by atoms with Crippen LogP contribution in [0.15, 0.2) is 53.7 Å². The van der Waals surface area contributed by atoms with Gasteiger partial charge >= 0.3 is 0 Å². The highest BCUT2D eigenvalue weighted by atomic mass is 32.2. The third-order valence-electron chi connectivity index (χ3n) is 5.28. The van der Waals surface area contributed by atoms with Crippen LogP contribution in [0.5, 0.6) is 0 Å². The maximum absolute atomic E-state index is 13.0. The van der Waals surface area contributed by atoms with E-state index in [1.165, 1.54) is 29.5 Å². The Morgan fingerprint density at radius 3 is 2.48 bits per heavy atom. The highest BCUT2D eigenvalue weighted by Crippen LogP contribution is 2.28. The van der Waals surface area contributed by atoms with E-state index in [1.807, 2.05) is 4.57 Å². The Hall–Kier alpha value is -2.87. The number of hydrogen-bond acceptors (Lipinski definition) is 5. The first-order chi connectivity index (χ1) is 15.1. The number of aromatic nitrogens is 3. The molecule has 2 heterocycles. The normalized spacial score (nSPS) is 13.5. The summed E-state index contributed by atoms with van der Waals surface area (Å²) in [5, 5.41) is 12.5. The van der Waals surface area contributed by atoms with Crippen molar-refractivity contribution in [3.05, 3.63) is 65.5 Å². The number of anilines is 1. The van der Waals surface area contributed by atoms with Crippen LogP contribution in [0.25, 0.3) is 5.69 Å². The largest absolute Gasteiger partial charge is 0.355 e. The predicted octanol–water partition coefficient (Wildman–Crippen LogP) is 3.77. The second-order valence-electron chi connectivity index (χ2n) is 7.66. The lowest BCUT2D eigenvalue weighted by atomic mass is 10.1. The number of benzene rings is 2. The molecule has 0 unspecified atom stereocenters. The summed E-state index contributed by atoms with van der Waals surface area (Å²) < 4.78 is 15.0. The SMILES string of the molecule is Cc1ccc(-n2c(SCC(=O)NCCc3ccc(F)cc3)nnc2N2CCCC2)cc1. The Morgan fingerprint density at radius 1 is 1.06 bits per heavy atom. The Labute approximate surface area is 185 Å². The van der Waals surface area contributed by atoms with Gasteiger partial charge in [0.1, 0.15) is 5.82 Å². The summed E-state index contributed by atoms with van der Waals surface area (Å²) in [4.78, 5) is 14.6. The molecule has 1 aromatic heterocycles. The minimum Gasteiger partial charge on any atom is -0.355 e. The fraction of sp³-hybridized carbons (Fsp3) is 0.348. The zero-order valence-electron chi connectivity index (χ0n) is 17.6. The maximum atomic E-state index is 13.0. The Kier molecular flexibility index (Phi) is 6.86. The molecule has 1 N–H and O–H groups in total. The topological polar surface area (TPSA) is 63.1 Å². The molecule has 0 radical (unpaired) electrons. The number of carbonyl (C=O) groups excluding carboxylic acids is 1. The molecule has 1 saturated heterocycles. The zero-order chi connectivity index (χ0) is 21.6. The number of amides is 1. The maximum Gasteiger partial charge on any atom is 0.232 e. The lowest BCUT2D eigenvalue weighted by Gasteiger charge is -2.18. The summed E-state index contributed by atoms with van der Waals surface area (Å²) in [6.45, 7) is 4.51. The molecule has 6 nitrogen and oxygen atoms in total. The van der Waals surface area contributed by atoms with E-state index < -0.39 is 0 Å². The van der Waals surface area contributed by atoms with Crippen LogP contribution in [-0.2, 0) is 11.2 Å². The molecule has 8 heteroatoms. The van der Waals surface area contributed by atoms with Crippen molar-refractivity contribution in [1.82, 2.24) is 20.1 Å². The summed E-state index contributed by atoms with van der Waals surface area (Å²) in [7, 11) is 0. The fourth-order valence-corrected chi connectivity index (χ4v) is 4.35. The van der Waals surface area contributed by atoms with Gasteiger partial charge in [0, 0.05) is 19.6 Å². The minimum atomic E-state index is -0.254. The van der Waals surface area contributed by atoms with Gasteiger partial charge in [-0.15, -0.1) is 10.2 Å². The fourth-order valence-electron chi connectivity index (χ4n) is 3.58. The lowest BCUT2D eigenvalue weighted by Crippen LogP contribution is -2.27. The second kappa shape index (κ2) is 9.96. The lowest BCUT2D eigenvalue weighted by molar-refractivity contribution is -0.118. The van der Waals surface area contributed by atoms with E-state index >= 15 is 0 Å². The van der Waals surface area contributed by atoms with Crippen LogP contribution in [0.2, 0.25) is 0 Å². The van der Waals surface area contributed by atoms with Crippen LogP contribution >= 0.6 is 11.8 Å². The molecule has 0 aliphatic carbocycles. The van der Waals surface area contributed by atoms with Crippen molar-refractivity contribution >= 4 is 23.6 Å². The van der Waals surface area contributed by atoms with Gasteiger partial charge in [0.25, 0.3) is 0 Å². The number of thioether (sulfide) groups is 1. The van der Waals surface area contributed by atoms with Gasteiger partial charge in [0.05, 0.1) is 11.4 Å². The molecule has 0 spiro atoms. The monoisotopic (exact) mass is 439 g/mol. The summed E-state index contributed by atoms with van der Waals surface area (Å²) in [6.07, 6.45) is 2.97. The van der Waals surface area contributed by atoms with E-state index in [0.29, 0.717) is 18.1 Å². The quantitative estimate of drug-likeness (QED) is 0.542. The molecule has 3 aromatic rings. The molecule has 2 aromatic carbocycles. The van der Waals surface area contributed by atoms with Crippen LogP contribution in [0.3, 0.4) is 0 Å². The Bertz CT molecular complexity index is 1010. The van der Waals surface area contributed by atoms with Crippen molar-refractivity contribution in [2.24, 2.45) is 0 Å². The minimum absolute atomic E-state index is 0.0618. The highest BCUT2D eigenvalue weighted by molar-refractivity contribution is 7.99. The molecule has 0 saturated carbocycles. The van der Waals surface area contributed by atoms with E-state index in [4.69, 9.17) is 0 Å². The van der Waals surface area contributed by atoms with Gasteiger partial charge in [0.2, 0.25) is 11.9 Å². The van der Waals surface area contributed by atoms with Crippen molar-refractivity contribution in [3.63, 3.8) is 0 Å². The number of nitrogens with one attached hydrogen (secondary N) is 1. The van der Waals surface area contributed by atoms with Gasteiger partial charge in [0.15, 0.2) is 5.16 Å². The predicted molar refractivity (Wildman–Crippen MR) is 121 cm³/mol. The van der Waals surface area contributed by atoms with Crippen molar-refractivity contribution in [2.45, 2.75) is 31.3 Å². The van der Waals surface area contributed by atoms with E-state index in [1.54, 1.807) is 12.1 Å². The van der Waals surface area contributed by atoms with Gasteiger partial charge in [-0.25, -0.2) is 4.39 Å². The van der Waals surface area contributed by atoms with Crippen molar-refractivity contribution in [3.8, 4) is 5.69 Å². The summed E-state index contributed by atoms with van der Waals surface area (Å²) in [6, 6.07) is 14.6. The van der Waals surface area contributed by atoms with Crippen molar-refractivity contribution in [1.29, 1.82) is 0 Å². The molecule has 1 fully saturated rings. The van der Waals surface area contributed by atoms with Gasteiger partial charge in [-0.05, 0) is 56.0 Å². The molecule has 162 valence electrons. The molecular weight excluding hydrogens is 413 g/mol. The number of nitrogens with zero attached hydrogens (tertiary/aromatic N) is 4. The van der Waals surface area contributed by atoms with Crippen LogP contribution < -0.4 is 10.2 Å². The van der Waals surface area contributed by atoms with E-state index in [-0.39, 0.29) is 17.5 Å². The van der Waals surface area contributed by atoms with Gasteiger partial charge in [-0.2, -0.15) is 0 Å². The first-order valence-corrected chi connectivity index (χ1v) is 11.5. The molecule has 1 amide bonds. The van der Waals surface area contributed by atoms with Crippen molar-refractivity contribution < 1.29 is 9.18 Å². The van der Waals surface area contributed by atoms with Crippen molar-refractivity contribution in [2.75, 3.05) is 30.3 Å². The summed E-state index contributed by atoms with van der Waals surface area (Å²) >= 11 is 1.38. The summed E-state index contributed by atoms with van der Waals surface area (Å²) in [5.41, 5.74) is 3.18. The Morgan fingerprint density at radius 2 is 1.77 bits per heavy atom. The zero-order valence-corrected chi connectivity index (χ0v) is 18.4. The number of hydrogen-bond donors (Lipinski definition) is 1. The van der Waals surface area contributed by atoms with E-state index in [0.717, 1.165) is 43.1 Å². The molecule has 0 atom stereocenters. The Balaban J connectivity index is 1.39. The molecule has 1 aliphatic rings. The number of aryl methyl sites for hydroxylation is 1. The summed E-state index contributed by atoms with van der Waals surface area (Å²) in [5.74, 6) is 0.775. The standard InChI is InChI=1S/C23H26FN5OS/c1-17-4-10-20(11-5-17)29-22(28-14-2-3-15-28)26-27-23(29)31-16-21(30)25-13-12-18-6-8-19(24)9-7-18/h4-11H,2-3,12-16H2,1H3,(H,25,30). The molecule has 1 aliphatic heterocycles. The van der Waals surface area contributed by atoms with Crippen LogP contribution in [-0.4, -0.2) is 46.1 Å². The first-order valence-electron chi connectivity index (χ1n) is 10.5. The van der Waals surface area contributed by atoms with Gasteiger partial charge < -0.3 is 10.2 Å². The molecule has 0 bridgehead atoms. The average molecular weight is 440 g/mol. The number of halogens is 1. The molecule has 4 rings (SSSR count). The third-order valence-corrected chi connectivity index (χ3v) is 6.21. The second-order valence-corrected chi connectivity index (χ2v) is 8.61. The van der Waals surface area contributed by atoms with E-state index in [2.05, 4.69) is 51.6 Å². The highest BCUT2D eigenvalue weighted by Gasteiger charge is 2.22. The molecular formula is C23H26FN5OS. The number of carbonyl (C=O) groups is 1. The van der Waals surface area contributed by atoms with E-state index in [9.17, 15) is 9.18 Å². The van der Waals surface area contributed by atoms with Crippen LogP contribution in [0, 0.1) is 12.7 Å². The van der Waals surface area contributed by atoms with Crippen LogP contribution in [0.1, 0.15) is 24.0 Å². The average Bonchev–Trinajstić information content (AvgIpc) is 3.44. The van der Waals surface area contributed by atoms with Gasteiger partial charge in [-0.3, -0.25) is 9.36 Å². The third kappa shape index (κ3) is 5.44. The first kappa shape index (κ1) is 21.4. The van der Waals surface area contributed by atoms with Gasteiger partial charge in [-0.1, -0.05) is 41.6 Å².